The van der Waals surface area contributed by atoms with Crippen LogP contribution in [0.4, 0.5) is 51.3 Å². The molecular formula is C86H91BrCl3MgN23O11. The summed E-state index contributed by atoms with van der Waals surface area (Å²) in [5.74, 6) is 5.03. The predicted molar refractivity (Wildman–Crippen MR) is 470 cm³/mol. The van der Waals surface area contributed by atoms with Crippen molar-refractivity contribution in [2.45, 2.75) is 77.0 Å². The Morgan fingerprint density at radius 2 is 0.688 bits per heavy atom. The number of carbonyl (C=O) groups is 6. The summed E-state index contributed by atoms with van der Waals surface area (Å²) in [5.41, 5.74) is 14.5. The first-order chi connectivity index (χ1) is 59.4. The molecule has 7 N–H and O–H groups in total. The van der Waals surface area contributed by atoms with Crippen LogP contribution < -0.4 is 68.2 Å². The van der Waals surface area contributed by atoms with E-state index in [4.69, 9.17) is 64.3 Å². The molecule has 12 aromatic rings. The molecule has 4 aromatic carbocycles. The average Bonchev–Trinajstić information content (AvgIpc) is 1.77. The molecule has 0 spiro atoms. The van der Waals surface area contributed by atoms with Gasteiger partial charge in [0.25, 0.3) is 5.91 Å². The number of nitrogens with two attached hydrogens (primary N) is 1. The van der Waals surface area contributed by atoms with Gasteiger partial charge in [0.15, 0.2) is 63.6 Å². The summed E-state index contributed by atoms with van der Waals surface area (Å²) >= 11 is 18.2. The number of hydrogen-bond donors (Lipinski definition) is 6. The maximum absolute atomic E-state index is 12.9. The molecule has 646 valence electrons. The molecule has 0 unspecified atom stereocenters. The Kier molecular flexibility index (Phi) is 32.2. The van der Waals surface area contributed by atoms with Gasteiger partial charge in [0.2, 0.25) is 11.8 Å². The number of halogens is 4. The molecule has 6 aliphatic rings. The molecular weight excluding hydrogens is 1740 g/mol. The van der Waals surface area contributed by atoms with E-state index in [1.165, 1.54) is 45.6 Å². The Morgan fingerprint density at radius 1 is 0.408 bits per heavy atom. The van der Waals surface area contributed by atoms with Gasteiger partial charge in [0.05, 0.1) is 126 Å². The number of Topliss-reactive ketones (excluding diaryl/α,β-unsaturated/α-hetero) is 3. The van der Waals surface area contributed by atoms with Crippen molar-refractivity contribution in [1.29, 1.82) is 0 Å². The van der Waals surface area contributed by atoms with E-state index < -0.39 is 0 Å². The number of aryl methyl sites for hydroxylation is 4. The SMILES string of the molecule is COc1c(Nc2cc(Cl)ncc2C(=O)C2CC2)cccc1-c1ncn(C)n1.COc1c(Nc2cc(Cl)ncc2C(=O)C2CC2)cccc1-c1ncn(C)n1.COc1c(Nc2cc(Cl)ncc2C(=O)N(C)OC)cccc1-c1ncn(C)n1.COc1c(Nc2cc(NC(=O)C3CC3)ncc2C(=O)C2CC2)cccc1-c1ncn(C)n1.NC(=O)C1CC1.[Br-].[CH-]1CC1.[Mg+2]. The number of ether oxygens (including phenoxy) is 4. The Hall–Kier alpha value is -12.1. The summed E-state index contributed by atoms with van der Waals surface area (Å²) in [6, 6.07) is 28.9. The number of benzene rings is 4. The number of carbonyl (C=O) groups excluding carboxylic acids is 6. The van der Waals surface area contributed by atoms with E-state index in [0.717, 1.165) is 86.0 Å². The van der Waals surface area contributed by atoms with Gasteiger partial charge in [-0.1, -0.05) is 59.1 Å². The summed E-state index contributed by atoms with van der Waals surface area (Å²) in [6.07, 6.45) is 26.8. The molecule has 8 aromatic heterocycles. The van der Waals surface area contributed by atoms with Crippen molar-refractivity contribution in [2.24, 2.45) is 63.5 Å². The van der Waals surface area contributed by atoms with Crippen molar-refractivity contribution >= 4 is 144 Å². The van der Waals surface area contributed by atoms with Crippen molar-refractivity contribution in [3.05, 3.63) is 191 Å². The fourth-order valence-corrected chi connectivity index (χ4v) is 12.9. The van der Waals surface area contributed by atoms with E-state index in [0.29, 0.717) is 130 Å². The predicted octanol–water partition coefficient (Wildman–Crippen LogP) is 11.7. The molecule has 0 radical (unpaired) electrons. The summed E-state index contributed by atoms with van der Waals surface area (Å²) < 4.78 is 29.0. The summed E-state index contributed by atoms with van der Waals surface area (Å²) in [4.78, 5) is 111. The number of primary amides is 1. The minimum Gasteiger partial charge on any atom is -1.00 e. The molecule has 0 bridgehead atoms. The van der Waals surface area contributed by atoms with Gasteiger partial charge in [-0.2, -0.15) is 20.4 Å². The number of para-hydroxylation sites is 4. The average molecular weight is 1830 g/mol. The minimum atomic E-state index is -0.379. The van der Waals surface area contributed by atoms with Gasteiger partial charge < -0.3 is 74.7 Å². The topological polar surface area (TPSA) is 412 Å². The Bertz CT molecular complexity index is 5710. The van der Waals surface area contributed by atoms with Gasteiger partial charge in [0, 0.05) is 95.7 Å². The van der Waals surface area contributed by atoms with Crippen LogP contribution in [-0.4, -0.2) is 185 Å². The second-order valence-corrected chi connectivity index (χ2v) is 30.7. The zero-order valence-electron chi connectivity index (χ0n) is 70.2. The zero-order valence-corrected chi connectivity index (χ0v) is 75.5. The third-order valence-electron chi connectivity index (χ3n) is 19.7. The number of amides is 3. The van der Waals surface area contributed by atoms with Crippen LogP contribution in [-0.2, 0) is 42.6 Å². The Labute approximate surface area is 762 Å². The molecule has 125 heavy (non-hydrogen) atoms. The standard InChI is InChI=1S/C23H24N6O3.2C19H18ClN5O2.C18H19ClN6O3.C4H7NO.C3H5.BrH.Mg/c1-29-12-25-22(28-29)15-4-3-5-17(21(15)32-2)26-18-10-19(27-23(31)14-8-9-14)24-11-16(18)20(30)13-6-7-13;2*1-25-10-22-19(24-25)12-4-3-5-14(18(12)27-2)23-15-8-16(20)21-9-13(15)17(26)11-6-7-11;1-24-10-21-17(23-24)11-6-5-7-13(16(11)27-3)22-14-8-15(19)20-9-12(14)18(26)25(2)28-4;5-4(6)3-1-2-3;1-2-3-1;;/h3-5,10-14H,6-9H2,1-2H3,(H2,24,26,27,31);2*3-5,8-11H,6-7H2,1-2H3,(H,21,23);5-10H,1-4H3,(H,20,22);3H,1-2H2,(H2,5,6);1H,2-3H2;1H;/q;;;;;-1;;+2/p-1. The maximum Gasteiger partial charge on any atom is 2.00 e. The molecule has 3 amide bonds. The maximum atomic E-state index is 12.9. The van der Waals surface area contributed by atoms with Crippen molar-refractivity contribution in [3.63, 3.8) is 0 Å². The van der Waals surface area contributed by atoms with E-state index in [9.17, 15) is 28.8 Å². The Morgan fingerprint density at radius 3 is 0.936 bits per heavy atom. The number of aromatic nitrogens is 16. The fraction of sp³-hybridized carbons (Fsp3) is 0.314. The number of methoxy groups -OCH3 is 4. The van der Waals surface area contributed by atoms with Gasteiger partial charge in [0.1, 0.15) is 46.6 Å². The van der Waals surface area contributed by atoms with Gasteiger partial charge in [-0.25, -0.2) is 57.8 Å². The fourth-order valence-electron chi connectivity index (χ4n) is 12.4. The number of nitrogens with zero attached hydrogens (tertiary/aromatic N) is 17. The first-order valence-corrected chi connectivity index (χ1v) is 40.6. The molecule has 6 aliphatic carbocycles. The minimum absolute atomic E-state index is 0. The molecule has 18 rings (SSSR count). The normalized spacial score (nSPS) is 13.7. The molecule has 6 fully saturated rings. The number of nitrogens with one attached hydrogen (secondary N) is 5. The van der Waals surface area contributed by atoms with E-state index in [-0.39, 0.29) is 115 Å². The molecule has 8 heterocycles. The van der Waals surface area contributed by atoms with Crippen LogP contribution in [0.25, 0.3) is 45.6 Å². The van der Waals surface area contributed by atoms with Crippen LogP contribution in [0.1, 0.15) is 118 Å². The molecule has 6 saturated carbocycles. The number of ketones is 3. The van der Waals surface area contributed by atoms with Crippen LogP contribution in [0.15, 0.2) is 147 Å². The van der Waals surface area contributed by atoms with E-state index in [1.807, 2.05) is 72.8 Å². The van der Waals surface area contributed by atoms with Crippen molar-refractivity contribution < 1.29 is 69.5 Å². The molecule has 0 saturated heterocycles. The van der Waals surface area contributed by atoms with Crippen LogP contribution in [0.3, 0.4) is 0 Å². The summed E-state index contributed by atoms with van der Waals surface area (Å²) in [6.45, 7) is 0. The van der Waals surface area contributed by atoms with Crippen LogP contribution in [0.5, 0.6) is 23.0 Å². The van der Waals surface area contributed by atoms with Gasteiger partial charge >= 0.3 is 23.1 Å². The van der Waals surface area contributed by atoms with Gasteiger partial charge in [-0.3, -0.25) is 52.3 Å². The van der Waals surface area contributed by atoms with E-state index in [1.54, 1.807) is 131 Å². The molecule has 34 nitrogen and oxygen atoms in total. The first kappa shape index (κ1) is 93.6. The number of hydroxylamine groups is 2. The van der Waals surface area contributed by atoms with E-state index in [2.05, 4.69) is 93.3 Å². The number of anilines is 9. The third-order valence-corrected chi connectivity index (χ3v) is 20.4. The largest absolute Gasteiger partial charge is 2.00 e. The van der Waals surface area contributed by atoms with Gasteiger partial charge in [-0.15, -0.1) is 0 Å². The quantitative estimate of drug-likeness (QED) is 0.00915. The van der Waals surface area contributed by atoms with Crippen molar-refractivity contribution in [3.8, 4) is 68.5 Å². The second kappa shape index (κ2) is 43.0. The van der Waals surface area contributed by atoms with Crippen LogP contribution in [0.2, 0.25) is 15.5 Å². The monoisotopic (exact) mass is 1830 g/mol. The molecule has 39 heteroatoms. The van der Waals surface area contributed by atoms with Crippen molar-refractivity contribution in [2.75, 3.05) is 69.2 Å². The zero-order chi connectivity index (χ0) is 87.1. The Balaban J connectivity index is 0.000000156. The van der Waals surface area contributed by atoms with Crippen LogP contribution in [0, 0.1) is 36.0 Å². The number of hydrogen-bond acceptors (Lipinski definition) is 27. The first-order valence-electron chi connectivity index (χ1n) is 39.4. The van der Waals surface area contributed by atoms with Crippen molar-refractivity contribution in [1.82, 2.24) is 84.1 Å². The number of rotatable bonds is 27. The summed E-state index contributed by atoms with van der Waals surface area (Å²) in [5, 5.41) is 35.3. The molecule has 0 aliphatic heterocycles. The summed E-state index contributed by atoms with van der Waals surface area (Å²) in [7, 11) is 16.4. The van der Waals surface area contributed by atoms with Gasteiger partial charge in [-0.05, 0) is 131 Å². The van der Waals surface area contributed by atoms with E-state index >= 15 is 0 Å². The number of pyridine rings is 4. The smallest absolute Gasteiger partial charge is 1.00 e. The molecule has 0 atom stereocenters. The van der Waals surface area contributed by atoms with Crippen LogP contribution >= 0.6 is 34.8 Å². The second-order valence-electron chi connectivity index (χ2n) is 29.5. The third kappa shape index (κ3) is 24.7.